The third kappa shape index (κ3) is 4.33. The zero-order valence-electron chi connectivity index (χ0n) is 13.0. The molecule has 0 atom stereocenters. The van der Waals surface area contributed by atoms with Crippen LogP contribution in [0.25, 0.3) is 0 Å². The van der Waals surface area contributed by atoms with Crippen molar-refractivity contribution in [1.82, 2.24) is 9.88 Å². The molecule has 0 spiro atoms. The molecule has 0 aromatic carbocycles. The molecule has 1 amide bonds. The summed E-state index contributed by atoms with van der Waals surface area (Å²) in [5.74, 6) is 0.935. The lowest BCUT2D eigenvalue weighted by molar-refractivity contribution is 0.0240. The number of aryl methyl sites for hydroxylation is 1. The number of nitrogens with zero attached hydrogens (tertiary/aromatic N) is 3. The highest BCUT2D eigenvalue weighted by molar-refractivity contribution is 9.10. The minimum absolute atomic E-state index is 0.238. The molecule has 0 bridgehead atoms. The van der Waals surface area contributed by atoms with E-state index >= 15 is 0 Å². The molecule has 2 rings (SSSR count). The third-order valence-corrected chi connectivity index (χ3v) is 3.77. The first kappa shape index (κ1) is 16.1. The topological polar surface area (TPSA) is 45.7 Å². The maximum Gasteiger partial charge on any atom is 0.410 e. The maximum absolute atomic E-state index is 12.0. The molecule has 116 valence electrons. The van der Waals surface area contributed by atoms with Crippen LogP contribution in [0.3, 0.4) is 0 Å². The summed E-state index contributed by atoms with van der Waals surface area (Å²) in [6.45, 7) is 10.5. The van der Waals surface area contributed by atoms with Crippen LogP contribution in [-0.2, 0) is 4.74 Å². The lowest BCUT2D eigenvalue weighted by atomic mass is 10.2. The van der Waals surface area contributed by atoms with Crippen LogP contribution < -0.4 is 4.90 Å². The first-order valence-electron chi connectivity index (χ1n) is 7.11. The van der Waals surface area contributed by atoms with Gasteiger partial charge in [-0.2, -0.15) is 0 Å². The number of amides is 1. The lowest BCUT2D eigenvalue weighted by Gasteiger charge is -2.36. The van der Waals surface area contributed by atoms with Gasteiger partial charge < -0.3 is 14.5 Å². The highest BCUT2D eigenvalue weighted by atomic mass is 79.9. The van der Waals surface area contributed by atoms with Crippen molar-refractivity contribution >= 4 is 27.8 Å². The molecule has 21 heavy (non-hydrogen) atoms. The fraction of sp³-hybridized carbons (Fsp3) is 0.600. The van der Waals surface area contributed by atoms with Crippen LogP contribution >= 0.6 is 15.9 Å². The van der Waals surface area contributed by atoms with Crippen molar-refractivity contribution in [1.29, 1.82) is 0 Å². The van der Waals surface area contributed by atoms with Gasteiger partial charge in [0.05, 0.1) is 4.47 Å². The highest BCUT2D eigenvalue weighted by Gasteiger charge is 2.26. The van der Waals surface area contributed by atoms with Crippen LogP contribution in [0.15, 0.2) is 16.7 Å². The summed E-state index contributed by atoms with van der Waals surface area (Å²) in [5.41, 5.74) is 0.675. The Kier molecular flexibility index (Phi) is 4.76. The van der Waals surface area contributed by atoms with E-state index in [0.29, 0.717) is 13.1 Å². The van der Waals surface area contributed by atoms with E-state index in [9.17, 15) is 4.79 Å². The molecule has 1 aliphatic rings. The van der Waals surface area contributed by atoms with Gasteiger partial charge in [-0.25, -0.2) is 9.78 Å². The molecule has 0 aliphatic carbocycles. The average molecular weight is 356 g/mol. The van der Waals surface area contributed by atoms with Crippen LogP contribution in [-0.4, -0.2) is 47.8 Å². The minimum Gasteiger partial charge on any atom is -0.444 e. The summed E-state index contributed by atoms with van der Waals surface area (Å²) in [5, 5.41) is 0. The molecule has 0 saturated carbocycles. The van der Waals surface area contributed by atoms with Gasteiger partial charge in [0.1, 0.15) is 11.4 Å². The van der Waals surface area contributed by atoms with Gasteiger partial charge in [-0.15, -0.1) is 0 Å². The molecule has 1 aromatic rings. The van der Waals surface area contributed by atoms with E-state index in [1.54, 1.807) is 4.90 Å². The van der Waals surface area contributed by atoms with E-state index in [-0.39, 0.29) is 6.09 Å². The fourth-order valence-corrected chi connectivity index (χ4v) is 2.90. The Hall–Kier alpha value is -1.30. The Morgan fingerprint density at radius 3 is 2.43 bits per heavy atom. The van der Waals surface area contributed by atoms with E-state index in [4.69, 9.17) is 4.74 Å². The van der Waals surface area contributed by atoms with Gasteiger partial charge in [0.25, 0.3) is 0 Å². The van der Waals surface area contributed by atoms with E-state index in [0.717, 1.165) is 28.9 Å². The Morgan fingerprint density at radius 2 is 1.90 bits per heavy atom. The number of piperazine rings is 1. The number of carbonyl (C=O) groups excluding carboxylic acids is 1. The second-order valence-electron chi connectivity index (χ2n) is 6.27. The Balaban J connectivity index is 1.95. The van der Waals surface area contributed by atoms with Crippen LogP contribution in [0.5, 0.6) is 0 Å². The number of aromatic nitrogens is 1. The molecule has 1 fully saturated rings. The molecule has 5 nitrogen and oxygen atoms in total. The molecule has 2 heterocycles. The Labute approximate surface area is 134 Å². The van der Waals surface area contributed by atoms with Crippen molar-refractivity contribution in [3.63, 3.8) is 0 Å². The number of pyridine rings is 1. The monoisotopic (exact) mass is 355 g/mol. The predicted octanol–water partition coefficient (Wildman–Crippen LogP) is 3.21. The number of ether oxygens (including phenoxy) is 1. The fourth-order valence-electron chi connectivity index (χ4n) is 2.19. The van der Waals surface area contributed by atoms with Crippen molar-refractivity contribution in [2.24, 2.45) is 0 Å². The third-order valence-electron chi connectivity index (χ3n) is 3.19. The van der Waals surface area contributed by atoms with E-state index in [1.165, 1.54) is 0 Å². The molecule has 0 radical (unpaired) electrons. The van der Waals surface area contributed by atoms with Gasteiger partial charge in [0.15, 0.2) is 0 Å². The van der Waals surface area contributed by atoms with Gasteiger partial charge >= 0.3 is 6.09 Å². The smallest absolute Gasteiger partial charge is 0.410 e. The zero-order valence-corrected chi connectivity index (χ0v) is 14.6. The van der Waals surface area contributed by atoms with E-state index in [2.05, 4.69) is 31.9 Å². The summed E-state index contributed by atoms with van der Waals surface area (Å²) in [6, 6.07) is 2.06. The first-order valence-corrected chi connectivity index (χ1v) is 7.90. The average Bonchev–Trinajstić information content (AvgIpc) is 2.37. The van der Waals surface area contributed by atoms with Gasteiger partial charge in [0, 0.05) is 32.4 Å². The van der Waals surface area contributed by atoms with Crippen LogP contribution in [0, 0.1) is 6.92 Å². The number of hydrogen-bond acceptors (Lipinski definition) is 4. The SMILES string of the molecule is Cc1cnc(N2CCN(C(=O)OC(C)(C)C)CC2)c(Br)c1. The summed E-state index contributed by atoms with van der Waals surface area (Å²) in [6.07, 6.45) is 1.62. The largest absolute Gasteiger partial charge is 0.444 e. The second-order valence-corrected chi connectivity index (χ2v) is 7.13. The molecule has 6 heteroatoms. The molecule has 1 saturated heterocycles. The Morgan fingerprint density at radius 1 is 1.29 bits per heavy atom. The number of hydrogen-bond donors (Lipinski definition) is 0. The molecule has 1 aromatic heterocycles. The highest BCUT2D eigenvalue weighted by Crippen LogP contribution is 2.25. The molecule has 0 N–H and O–H groups in total. The summed E-state index contributed by atoms with van der Waals surface area (Å²) in [4.78, 5) is 20.4. The number of carbonyl (C=O) groups is 1. The summed E-state index contributed by atoms with van der Waals surface area (Å²) < 4.78 is 6.39. The van der Waals surface area contributed by atoms with Gasteiger partial charge in [-0.05, 0) is 55.3 Å². The number of halogens is 1. The van der Waals surface area contributed by atoms with E-state index in [1.807, 2.05) is 33.9 Å². The van der Waals surface area contributed by atoms with Crippen molar-refractivity contribution in [2.45, 2.75) is 33.3 Å². The molecule has 1 aliphatic heterocycles. The standard InChI is InChI=1S/C15H22BrN3O2/c1-11-9-12(16)13(17-10-11)18-5-7-19(8-6-18)14(20)21-15(2,3)4/h9-10H,5-8H2,1-4H3. The molecular formula is C15H22BrN3O2. The lowest BCUT2D eigenvalue weighted by Crippen LogP contribution is -2.50. The molecular weight excluding hydrogens is 334 g/mol. The van der Waals surface area contributed by atoms with Crippen molar-refractivity contribution < 1.29 is 9.53 Å². The first-order chi connectivity index (χ1) is 9.76. The van der Waals surface area contributed by atoms with Crippen molar-refractivity contribution in [2.75, 3.05) is 31.1 Å². The van der Waals surface area contributed by atoms with Crippen molar-refractivity contribution in [3.05, 3.63) is 22.3 Å². The Bertz CT molecular complexity index is 520. The molecule has 0 unspecified atom stereocenters. The number of anilines is 1. The van der Waals surface area contributed by atoms with E-state index < -0.39 is 5.60 Å². The summed E-state index contributed by atoms with van der Waals surface area (Å²) in [7, 11) is 0. The maximum atomic E-state index is 12.0. The predicted molar refractivity (Wildman–Crippen MR) is 86.7 cm³/mol. The normalized spacial score (nSPS) is 16.0. The zero-order chi connectivity index (χ0) is 15.6. The van der Waals surface area contributed by atoms with Gasteiger partial charge in [0.2, 0.25) is 0 Å². The quantitative estimate of drug-likeness (QED) is 0.775. The second kappa shape index (κ2) is 6.22. The van der Waals surface area contributed by atoms with Crippen LogP contribution in [0.4, 0.5) is 10.6 Å². The van der Waals surface area contributed by atoms with Crippen LogP contribution in [0.2, 0.25) is 0 Å². The summed E-state index contributed by atoms with van der Waals surface area (Å²) >= 11 is 3.56. The van der Waals surface area contributed by atoms with Gasteiger partial charge in [-0.1, -0.05) is 0 Å². The van der Waals surface area contributed by atoms with Crippen LogP contribution in [0.1, 0.15) is 26.3 Å². The van der Waals surface area contributed by atoms with Crippen molar-refractivity contribution in [3.8, 4) is 0 Å². The number of rotatable bonds is 1. The minimum atomic E-state index is -0.449. The van der Waals surface area contributed by atoms with Gasteiger partial charge in [-0.3, -0.25) is 0 Å².